The fourth-order valence-electron chi connectivity index (χ4n) is 1.60. The van der Waals surface area contributed by atoms with Crippen molar-refractivity contribution in [2.24, 2.45) is 0 Å². The molecule has 1 aromatic rings. The van der Waals surface area contributed by atoms with Gasteiger partial charge in [-0.3, -0.25) is 4.72 Å². The third-order valence-corrected chi connectivity index (χ3v) is 4.42. The topological polar surface area (TPSA) is 67.4 Å². The fourth-order valence-corrected chi connectivity index (χ4v) is 2.65. The lowest BCUT2D eigenvalue weighted by atomic mass is 10.2. The van der Waals surface area contributed by atoms with Crippen molar-refractivity contribution in [2.75, 3.05) is 25.4 Å². The Morgan fingerprint density at radius 1 is 1.39 bits per heavy atom. The summed E-state index contributed by atoms with van der Waals surface area (Å²) < 4.78 is 31.6. The first-order valence-electron chi connectivity index (χ1n) is 5.71. The van der Waals surface area contributed by atoms with Crippen molar-refractivity contribution in [3.05, 3.63) is 23.8 Å². The number of benzene rings is 1. The molecule has 0 aliphatic heterocycles. The maximum absolute atomic E-state index is 12.0. The molecule has 0 amide bonds. The van der Waals surface area contributed by atoms with Gasteiger partial charge in [-0.25, -0.2) is 8.42 Å². The summed E-state index contributed by atoms with van der Waals surface area (Å²) in [6, 6.07) is 5.19. The first-order chi connectivity index (χ1) is 8.40. The van der Waals surface area contributed by atoms with E-state index in [1.807, 2.05) is 6.92 Å². The van der Waals surface area contributed by atoms with Crippen molar-refractivity contribution in [1.82, 2.24) is 5.32 Å². The lowest BCUT2D eigenvalue weighted by Gasteiger charge is -2.15. The first kappa shape index (κ1) is 14.8. The summed E-state index contributed by atoms with van der Waals surface area (Å²) in [7, 11) is -0.0549. The SMILES string of the molecule is CNCC(C)S(=O)(=O)Nc1ccc(OC)c(C)c1. The number of hydrogen-bond donors (Lipinski definition) is 2. The molecule has 18 heavy (non-hydrogen) atoms. The van der Waals surface area contributed by atoms with Crippen LogP contribution in [0.3, 0.4) is 0 Å². The minimum Gasteiger partial charge on any atom is -0.496 e. The van der Waals surface area contributed by atoms with Gasteiger partial charge in [0, 0.05) is 12.2 Å². The Morgan fingerprint density at radius 2 is 2.06 bits per heavy atom. The number of sulfonamides is 1. The highest BCUT2D eigenvalue weighted by molar-refractivity contribution is 7.93. The zero-order valence-electron chi connectivity index (χ0n) is 11.1. The maximum atomic E-state index is 12.0. The zero-order valence-corrected chi connectivity index (χ0v) is 12.0. The number of rotatable bonds is 6. The summed E-state index contributed by atoms with van der Waals surface area (Å²) in [6.07, 6.45) is 0. The van der Waals surface area contributed by atoms with Crippen LogP contribution in [0.5, 0.6) is 5.75 Å². The van der Waals surface area contributed by atoms with E-state index < -0.39 is 15.3 Å². The first-order valence-corrected chi connectivity index (χ1v) is 7.26. The van der Waals surface area contributed by atoms with Gasteiger partial charge in [0.25, 0.3) is 0 Å². The number of ether oxygens (including phenoxy) is 1. The second kappa shape index (κ2) is 6.06. The molecular weight excluding hydrogens is 252 g/mol. The minimum atomic E-state index is -3.37. The van der Waals surface area contributed by atoms with E-state index in [9.17, 15) is 8.42 Å². The Bertz CT molecular complexity index is 500. The molecular formula is C12H20N2O3S. The lowest BCUT2D eigenvalue weighted by Crippen LogP contribution is -2.33. The van der Waals surface area contributed by atoms with Crippen LogP contribution >= 0.6 is 0 Å². The molecule has 1 aromatic carbocycles. The molecule has 1 rings (SSSR count). The summed E-state index contributed by atoms with van der Waals surface area (Å²) in [4.78, 5) is 0. The third-order valence-electron chi connectivity index (χ3n) is 2.68. The van der Waals surface area contributed by atoms with Crippen LogP contribution < -0.4 is 14.8 Å². The van der Waals surface area contributed by atoms with E-state index in [2.05, 4.69) is 10.0 Å². The largest absolute Gasteiger partial charge is 0.496 e. The van der Waals surface area contributed by atoms with Crippen LogP contribution in [0.15, 0.2) is 18.2 Å². The van der Waals surface area contributed by atoms with E-state index in [1.54, 1.807) is 39.3 Å². The highest BCUT2D eigenvalue weighted by Gasteiger charge is 2.19. The van der Waals surface area contributed by atoms with Crippen LogP contribution in [0.1, 0.15) is 12.5 Å². The van der Waals surface area contributed by atoms with Gasteiger partial charge >= 0.3 is 0 Å². The van der Waals surface area contributed by atoms with E-state index in [0.29, 0.717) is 12.2 Å². The van der Waals surface area contributed by atoms with Crippen LogP contribution in [0.25, 0.3) is 0 Å². The molecule has 0 spiro atoms. The second-order valence-electron chi connectivity index (χ2n) is 4.20. The van der Waals surface area contributed by atoms with Gasteiger partial charge in [-0.15, -0.1) is 0 Å². The Balaban J connectivity index is 2.88. The number of aryl methyl sites for hydroxylation is 1. The van der Waals surface area contributed by atoms with Crippen LogP contribution in [-0.4, -0.2) is 34.4 Å². The Morgan fingerprint density at radius 3 is 2.56 bits per heavy atom. The molecule has 0 saturated heterocycles. The highest BCUT2D eigenvalue weighted by Crippen LogP contribution is 2.22. The van der Waals surface area contributed by atoms with Gasteiger partial charge in [0.15, 0.2) is 0 Å². The zero-order chi connectivity index (χ0) is 13.8. The van der Waals surface area contributed by atoms with Gasteiger partial charge in [0.2, 0.25) is 10.0 Å². The molecule has 102 valence electrons. The van der Waals surface area contributed by atoms with Crippen LogP contribution in [0, 0.1) is 6.92 Å². The third kappa shape index (κ3) is 3.61. The predicted molar refractivity (Wildman–Crippen MR) is 73.7 cm³/mol. The van der Waals surface area contributed by atoms with Crippen LogP contribution in [0.2, 0.25) is 0 Å². The summed E-state index contributed by atoms with van der Waals surface area (Å²) in [5.41, 5.74) is 1.44. The molecule has 1 atom stereocenters. The van der Waals surface area contributed by atoms with Crippen LogP contribution in [0.4, 0.5) is 5.69 Å². The lowest BCUT2D eigenvalue weighted by molar-refractivity contribution is 0.412. The molecule has 0 bridgehead atoms. The van der Waals surface area contributed by atoms with Crippen molar-refractivity contribution in [3.8, 4) is 5.75 Å². The van der Waals surface area contributed by atoms with Gasteiger partial charge in [0.05, 0.1) is 12.4 Å². The normalized spacial score (nSPS) is 13.1. The molecule has 0 aliphatic rings. The Labute approximate surface area is 109 Å². The Kier molecular flexibility index (Phi) is 4.98. The molecule has 0 fully saturated rings. The number of nitrogens with one attached hydrogen (secondary N) is 2. The smallest absolute Gasteiger partial charge is 0.236 e. The molecule has 5 nitrogen and oxygen atoms in total. The van der Waals surface area contributed by atoms with E-state index in [0.717, 1.165) is 11.3 Å². The van der Waals surface area contributed by atoms with Gasteiger partial charge in [-0.1, -0.05) is 0 Å². The van der Waals surface area contributed by atoms with E-state index >= 15 is 0 Å². The monoisotopic (exact) mass is 272 g/mol. The minimum absolute atomic E-state index is 0.407. The van der Waals surface area contributed by atoms with Crippen LogP contribution in [-0.2, 0) is 10.0 Å². The van der Waals surface area contributed by atoms with Gasteiger partial charge in [-0.2, -0.15) is 0 Å². The molecule has 2 N–H and O–H groups in total. The van der Waals surface area contributed by atoms with E-state index in [4.69, 9.17) is 4.74 Å². The Hall–Kier alpha value is -1.27. The summed E-state index contributed by atoms with van der Waals surface area (Å²) in [6.45, 7) is 3.94. The van der Waals surface area contributed by atoms with Crippen molar-refractivity contribution < 1.29 is 13.2 Å². The van der Waals surface area contributed by atoms with E-state index in [-0.39, 0.29) is 0 Å². The summed E-state index contributed by atoms with van der Waals surface area (Å²) in [5.74, 6) is 0.737. The summed E-state index contributed by atoms with van der Waals surface area (Å²) >= 11 is 0. The highest BCUT2D eigenvalue weighted by atomic mass is 32.2. The molecule has 0 aliphatic carbocycles. The molecule has 0 heterocycles. The number of anilines is 1. The number of hydrogen-bond acceptors (Lipinski definition) is 4. The fraction of sp³-hybridized carbons (Fsp3) is 0.500. The van der Waals surface area contributed by atoms with Gasteiger partial charge < -0.3 is 10.1 Å². The molecule has 1 unspecified atom stereocenters. The molecule has 6 heteroatoms. The van der Waals surface area contributed by atoms with Crippen molar-refractivity contribution >= 4 is 15.7 Å². The van der Waals surface area contributed by atoms with Crippen molar-refractivity contribution in [3.63, 3.8) is 0 Å². The second-order valence-corrected chi connectivity index (χ2v) is 6.30. The molecule has 0 saturated carbocycles. The summed E-state index contributed by atoms with van der Waals surface area (Å²) in [5, 5.41) is 2.35. The standard InChI is InChI=1S/C12H20N2O3S/c1-9-7-11(5-6-12(9)17-4)14-18(15,16)10(2)8-13-3/h5-7,10,13-14H,8H2,1-4H3. The van der Waals surface area contributed by atoms with E-state index in [1.165, 1.54) is 0 Å². The van der Waals surface area contributed by atoms with Crippen molar-refractivity contribution in [1.29, 1.82) is 0 Å². The van der Waals surface area contributed by atoms with Crippen molar-refractivity contribution in [2.45, 2.75) is 19.1 Å². The van der Waals surface area contributed by atoms with Gasteiger partial charge in [0.1, 0.15) is 5.75 Å². The van der Waals surface area contributed by atoms with Gasteiger partial charge in [-0.05, 0) is 44.7 Å². The molecule has 0 radical (unpaired) electrons. The average Bonchev–Trinajstić information content (AvgIpc) is 2.29. The predicted octanol–water partition coefficient (Wildman–Crippen LogP) is 1.35. The molecule has 0 aromatic heterocycles. The number of methoxy groups -OCH3 is 1. The maximum Gasteiger partial charge on any atom is 0.236 e. The quantitative estimate of drug-likeness (QED) is 0.820. The average molecular weight is 272 g/mol.